The number of piperazine rings is 1. The number of hydrogen-bond acceptors (Lipinski definition) is 3. The summed E-state index contributed by atoms with van der Waals surface area (Å²) in [5.41, 5.74) is 1.19. The van der Waals surface area contributed by atoms with E-state index in [4.69, 9.17) is 11.6 Å². The van der Waals surface area contributed by atoms with Gasteiger partial charge in [0.1, 0.15) is 5.15 Å². The number of rotatable bonds is 3. The Morgan fingerprint density at radius 1 is 1.15 bits per heavy atom. The molecule has 0 aliphatic carbocycles. The lowest BCUT2D eigenvalue weighted by atomic mass is 10.1. The molecule has 1 saturated heterocycles. The predicted octanol–water partition coefficient (Wildman–Crippen LogP) is 3.36. The molecule has 3 rings (SSSR count). The third-order valence-electron chi connectivity index (χ3n) is 4.71. The summed E-state index contributed by atoms with van der Waals surface area (Å²) in [6.07, 6.45) is -4.32. The van der Waals surface area contributed by atoms with Crippen molar-refractivity contribution in [3.8, 4) is 0 Å². The molecule has 0 unspecified atom stereocenters. The molecule has 9 heteroatoms. The second-order valence-corrected chi connectivity index (χ2v) is 7.00. The molecule has 5 nitrogen and oxygen atoms in total. The Labute approximate surface area is 160 Å². The minimum atomic E-state index is -4.32. The van der Waals surface area contributed by atoms with Gasteiger partial charge in [-0.05, 0) is 24.6 Å². The quantitative estimate of drug-likeness (QED) is 0.793. The van der Waals surface area contributed by atoms with Gasteiger partial charge >= 0.3 is 6.18 Å². The van der Waals surface area contributed by atoms with Crippen LogP contribution in [0.1, 0.15) is 27.2 Å². The van der Waals surface area contributed by atoms with E-state index in [2.05, 4.69) is 10.00 Å². The number of aromatic nitrogens is 2. The molecule has 0 atom stereocenters. The number of carbonyl (C=O) groups is 1. The maximum absolute atomic E-state index is 12.7. The number of hydrogen-bond donors (Lipinski definition) is 0. The molecule has 0 spiro atoms. The standard InChI is InChI=1S/C18H20ClF3N4O/c1-12-15(16(19)24(2)23-12)17(27)26-9-7-25(8-10-26)11-13-3-5-14(6-4-13)18(20,21)22/h3-6H,7-11H2,1-2H3. The Hall–Kier alpha value is -2.06. The molecule has 1 aliphatic rings. The van der Waals surface area contributed by atoms with E-state index < -0.39 is 11.7 Å². The highest BCUT2D eigenvalue weighted by molar-refractivity contribution is 6.33. The van der Waals surface area contributed by atoms with Crippen LogP contribution in [0.15, 0.2) is 24.3 Å². The maximum Gasteiger partial charge on any atom is 0.416 e. The summed E-state index contributed by atoms with van der Waals surface area (Å²) in [6.45, 7) is 4.65. The minimum Gasteiger partial charge on any atom is -0.336 e. The fraction of sp³-hybridized carbons (Fsp3) is 0.444. The van der Waals surface area contributed by atoms with Crippen LogP contribution in [-0.2, 0) is 19.8 Å². The van der Waals surface area contributed by atoms with Gasteiger partial charge in [-0.1, -0.05) is 23.7 Å². The van der Waals surface area contributed by atoms with Crippen molar-refractivity contribution in [2.75, 3.05) is 26.2 Å². The Balaban J connectivity index is 1.58. The highest BCUT2D eigenvalue weighted by atomic mass is 35.5. The van der Waals surface area contributed by atoms with Gasteiger partial charge in [-0.15, -0.1) is 0 Å². The van der Waals surface area contributed by atoms with Gasteiger partial charge in [0.15, 0.2) is 0 Å². The van der Waals surface area contributed by atoms with Gasteiger partial charge in [0.25, 0.3) is 5.91 Å². The van der Waals surface area contributed by atoms with Gasteiger partial charge in [0.2, 0.25) is 0 Å². The van der Waals surface area contributed by atoms with Crippen molar-refractivity contribution in [2.24, 2.45) is 7.05 Å². The Morgan fingerprint density at radius 2 is 1.74 bits per heavy atom. The summed E-state index contributed by atoms with van der Waals surface area (Å²) in [5.74, 6) is -0.139. The van der Waals surface area contributed by atoms with Crippen LogP contribution in [-0.4, -0.2) is 51.7 Å². The maximum atomic E-state index is 12.7. The van der Waals surface area contributed by atoms with Crippen molar-refractivity contribution < 1.29 is 18.0 Å². The van der Waals surface area contributed by atoms with E-state index >= 15 is 0 Å². The average molecular weight is 401 g/mol. The van der Waals surface area contributed by atoms with Crippen molar-refractivity contribution in [1.29, 1.82) is 0 Å². The van der Waals surface area contributed by atoms with Crippen LogP contribution in [0.2, 0.25) is 5.15 Å². The molecule has 1 aromatic carbocycles. The third-order valence-corrected chi connectivity index (χ3v) is 5.15. The summed E-state index contributed by atoms with van der Waals surface area (Å²) in [6, 6.07) is 5.20. The van der Waals surface area contributed by atoms with Gasteiger partial charge in [-0.2, -0.15) is 18.3 Å². The molecular weight excluding hydrogens is 381 g/mol. The molecule has 0 bridgehead atoms. The van der Waals surface area contributed by atoms with Crippen molar-refractivity contribution in [1.82, 2.24) is 19.6 Å². The normalized spacial score (nSPS) is 16.0. The van der Waals surface area contributed by atoms with Crippen LogP contribution in [0.3, 0.4) is 0 Å². The zero-order valence-corrected chi connectivity index (χ0v) is 15.8. The number of amides is 1. The first-order chi connectivity index (χ1) is 12.7. The summed E-state index contributed by atoms with van der Waals surface area (Å²) in [4.78, 5) is 16.6. The van der Waals surface area contributed by atoms with Crippen LogP contribution in [0.5, 0.6) is 0 Å². The Kier molecular flexibility index (Phi) is 5.48. The molecule has 0 radical (unpaired) electrons. The number of carbonyl (C=O) groups excluding carboxylic acids is 1. The lowest BCUT2D eigenvalue weighted by Crippen LogP contribution is -2.48. The molecule has 0 N–H and O–H groups in total. The van der Waals surface area contributed by atoms with Gasteiger partial charge in [0.05, 0.1) is 16.8 Å². The zero-order valence-electron chi connectivity index (χ0n) is 15.1. The molecule has 1 amide bonds. The van der Waals surface area contributed by atoms with Crippen LogP contribution in [0.4, 0.5) is 13.2 Å². The fourth-order valence-electron chi connectivity index (χ4n) is 3.20. The van der Waals surface area contributed by atoms with E-state index in [1.165, 1.54) is 16.8 Å². The highest BCUT2D eigenvalue weighted by Crippen LogP contribution is 2.29. The van der Waals surface area contributed by atoms with Crippen LogP contribution < -0.4 is 0 Å². The van der Waals surface area contributed by atoms with Crippen LogP contribution in [0.25, 0.3) is 0 Å². The first kappa shape index (κ1) is 19.7. The van der Waals surface area contributed by atoms with E-state index in [-0.39, 0.29) is 5.91 Å². The van der Waals surface area contributed by atoms with Gasteiger partial charge in [-0.3, -0.25) is 14.4 Å². The molecular formula is C18H20ClF3N4O. The van der Waals surface area contributed by atoms with Crippen LogP contribution >= 0.6 is 11.6 Å². The van der Waals surface area contributed by atoms with Crippen molar-refractivity contribution in [3.63, 3.8) is 0 Å². The molecule has 1 fully saturated rings. The summed E-state index contributed by atoms with van der Waals surface area (Å²) >= 11 is 6.17. The molecule has 1 aliphatic heterocycles. The number of nitrogens with zero attached hydrogens (tertiary/aromatic N) is 4. The second-order valence-electron chi connectivity index (χ2n) is 6.64. The van der Waals surface area contributed by atoms with Crippen LogP contribution in [0, 0.1) is 6.92 Å². The van der Waals surface area contributed by atoms with Crippen molar-refractivity contribution in [3.05, 3.63) is 51.8 Å². The zero-order chi connectivity index (χ0) is 19.8. The number of aryl methyl sites for hydroxylation is 2. The number of halogens is 4. The van der Waals surface area contributed by atoms with Crippen molar-refractivity contribution in [2.45, 2.75) is 19.6 Å². The Bertz CT molecular complexity index is 824. The number of alkyl halides is 3. The average Bonchev–Trinajstić information content (AvgIpc) is 2.87. The predicted molar refractivity (Wildman–Crippen MR) is 95.6 cm³/mol. The fourth-order valence-corrected chi connectivity index (χ4v) is 3.45. The molecule has 146 valence electrons. The summed E-state index contributed by atoms with van der Waals surface area (Å²) < 4.78 is 39.4. The SMILES string of the molecule is Cc1nn(C)c(Cl)c1C(=O)N1CCN(Cc2ccc(C(F)(F)F)cc2)CC1. The highest BCUT2D eigenvalue weighted by Gasteiger charge is 2.30. The lowest BCUT2D eigenvalue weighted by molar-refractivity contribution is -0.137. The smallest absolute Gasteiger partial charge is 0.336 e. The molecule has 1 aromatic heterocycles. The monoisotopic (exact) mass is 400 g/mol. The first-order valence-electron chi connectivity index (χ1n) is 8.53. The molecule has 27 heavy (non-hydrogen) atoms. The summed E-state index contributed by atoms with van der Waals surface area (Å²) in [7, 11) is 1.69. The first-order valence-corrected chi connectivity index (χ1v) is 8.91. The molecule has 2 aromatic rings. The van der Waals surface area contributed by atoms with Gasteiger partial charge in [-0.25, -0.2) is 0 Å². The van der Waals surface area contributed by atoms with E-state index in [0.717, 1.165) is 17.7 Å². The second kappa shape index (κ2) is 7.52. The van der Waals surface area contributed by atoms with E-state index in [0.29, 0.717) is 49.1 Å². The molecule has 0 saturated carbocycles. The Morgan fingerprint density at radius 3 is 2.22 bits per heavy atom. The third kappa shape index (κ3) is 4.27. The van der Waals surface area contributed by atoms with E-state index in [9.17, 15) is 18.0 Å². The van der Waals surface area contributed by atoms with E-state index in [1.807, 2.05) is 0 Å². The van der Waals surface area contributed by atoms with Gasteiger partial charge in [0, 0.05) is 39.8 Å². The minimum absolute atomic E-state index is 0.139. The summed E-state index contributed by atoms with van der Waals surface area (Å²) in [5, 5.41) is 4.49. The lowest BCUT2D eigenvalue weighted by Gasteiger charge is -2.34. The van der Waals surface area contributed by atoms with Crippen molar-refractivity contribution >= 4 is 17.5 Å². The largest absolute Gasteiger partial charge is 0.416 e. The molecule has 2 heterocycles. The number of benzene rings is 1. The topological polar surface area (TPSA) is 41.4 Å². The van der Waals surface area contributed by atoms with Gasteiger partial charge < -0.3 is 4.90 Å². The van der Waals surface area contributed by atoms with E-state index in [1.54, 1.807) is 18.9 Å².